The molecule has 1 atom stereocenters. The monoisotopic (exact) mass is 300 g/mol. The first-order chi connectivity index (χ1) is 15.3. The molecule has 1 saturated heterocycles. The number of ether oxygens (including phenoxy) is 1. The molecule has 1 amide bonds. The van der Waals surface area contributed by atoms with Crippen molar-refractivity contribution in [3.8, 4) is 0 Å². The fourth-order valence-electron chi connectivity index (χ4n) is 2.00. The van der Waals surface area contributed by atoms with Crippen LogP contribution in [-0.4, -0.2) is 49.1 Å². The summed E-state index contributed by atoms with van der Waals surface area (Å²) in [5.74, 6) is 0. The molecule has 0 aliphatic carbocycles. The van der Waals surface area contributed by atoms with Gasteiger partial charge in [0.1, 0.15) is 6.61 Å². The van der Waals surface area contributed by atoms with Gasteiger partial charge in [-0.15, -0.1) is 0 Å². The van der Waals surface area contributed by atoms with Gasteiger partial charge in [-0.25, -0.2) is 4.79 Å². The molecule has 2 heterocycles. The number of hydrogen-bond acceptors (Lipinski definition) is 3. The minimum Gasteiger partial charge on any atom is -0.447 e. The number of fused-ring (bicyclic) bond motifs is 1. The molecule has 2 N–H and O–H groups in total. The standard InChI is InChI=1S/C16H21N3O2/c1-19(2)6-5-12-9-17-15-4-3-11(8-14(12)15)7-13-10-21-16(20)18-13/h3-4,8-9,13,17H,5-7,10H2,1-2H3,(H,18,20)/t13-/m0/s1/i1D3,2D3,3D,4D,6D2,7D2,8D. The quantitative estimate of drug-likeness (QED) is 0.887. The van der Waals surface area contributed by atoms with Crippen LogP contribution in [0.3, 0.4) is 0 Å². The van der Waals surface area contributed by atoms with Crippen LogP contribution >= 0.6 is 0 Å². The Labute approximate surface area is 142 Å². The van der Waals surface area contributed by atoms with Gasteiger partial charge in [-0.05, 0) is 50.0 Å². The molecule has 0 saturated carbocycles. The number of benzene rings is 1. The van der Waals surface area contributed by atoms with E-state index in [-0.39, 0.29) is 28.0 Å². The molecule has 21 heavy (non-hydrogen) atoms. The van der Waals surface area contributed by atoms with Crippen LogP contribution in [0.1, 0.15) is 28.9 Å². The van der Waals surface area contributed by atoms with Gasteiger partial charge in [0.05, 0.1) is 10.2 Å². The lowest BCUT2D eigenvalue weighted by Gasteiger charge is -2.09. The van der Waals surface area contributed by atoms with Gasteiger partial charge in [-0.2, -0.15) is 0 Å². The number of H-pyrrole nitrogens is 1. The fourth-order valence-corrected chi connectivity index (χ4v) is 2.00. The van der Waals surface area contributed by atoms with E-state index in [1.807, 2.05) is 0 Å². The van der Waals surface area contributed by atoms with E-state index in [1.54, 1.807) is 0 Å². The summed E-state index contributed by atoms with van der Waals surface area (Å²) >= 11 is 0. The van der Waals surface area contributed by atoms with Crippen molar-refractivity contribution in [2.24, 2.45) is 0 Å². The van der Waals surface area contributed by atoms with E-state index in [4.69, 9.17) is 22.6 Å². The maximum absolute atomic E-state index is 11.4. The third-order valence-corrected chi connectivity index (χ3v) is 2.94. The molecule has 2 aromatic rings. The number of likely N-dealkylation sites (N-methyl/N-ethyl adjacent to an activating group) is 1. The lowest BCUT2D eigenvalue weighted by molar-refractivity contribution is 0.177. The molecule has 3 rings (SSSR count). The number of nitrogens with one attached hydrogen (secondary N) is 2. The number of cyclic esters (lactones) is 1. The first-order valence-corrected chi connectivity index (χ1v) is 6.14. The van der Waals surface area contributed by atoms with E-state index in [9.17, 15) is 4.79 Å². The molecule has 0 unspecified atom stereocenters. The average Bonchev–Trinajstić information content (AvgIpc) is 3.23. The maximum Gasteiger partial charge on any atom is 0.407 e. The molecular weight excluding hydrogens is 266 g/mol. The van der Waals surface area contributed by atoms with Crippen molar-refractivity contribution in [2.75, 3.05) is 27.1 Å². The molecule has 0 spiro atoms. The molecule has 1 aliphatic heterocycles. The Bertz CT molecular complexity index is 1110. The second kappa shape index (κ2) is 5.77. The Morgan fingerprint density at radius 3 is 3.24 bits per heavy atom. The maximum atomic E-state index is 11.4. The molecule has 1 aromatic heterocycles. The number of carbonyl (C=O) groups excluding carboxylic acids is 1. The van der Waals surface area contributed by atoms with Gasteiger partial charge in [-0.1, -0.05) is 6.04 Å². The average molecular weight is 300 g/mol. The second-order valence-corrected chi connectivity index (χ2v) is 4.42. The topological polar surface area (TPSA) is 57.4 Å². The zero-order valence-electron chi connectivity index (χ0n) is 23.8. The Hall–Kier alpha value is -2.01. The molecule has 5 nitrogen and oxygen atoms in total. The predicted octanol–water partition coefficient (Wildman–Crippen LogP) is 1.92. The van der Waals surface area contributed by atoms with Crippen molar-refractivity contribution in [1.29, 1.82) is 0 Å². The number of rotatable bonds is 5. The Balaban J connectivity index is 2.17. The Kier molecular flexibility index (Phi) is 1.46. The van der Waals surface area contributed by atoms with Gasteiger partial charge in [0.2, 0.25) is 0 Å². The summed E-state index contributed by atoms with van der Waals surface area (Å²) in [7, 11) is 0. The van der Waals surface area contributed by atoms with Crippen molar-refractivity contribution in [3.05, 3.63) is 35.5 Å². The normalized spacial score (nSPS) is 29.9. The number of aryl methyl sites for hydroxylation is 1. The van der Waals surface area contributed by atoms with E-state index in [2.05, 4.69) is 10.3 Å². The van der Waals surface area contributed by atoms with E-state index < -0.39 is 69.1 Å². The first kappa shape index (κ1) is 5.32. The molecule has 1 aromatic carbocycles. The SMILES string of the molecule is [2H]c1c(C([2H])([2H])[C@H]2COC(=O)N2)c([2H])c2c(CC([2H])([2H])N(C([2H])([2H])[2H])C([2H])([2H])[2H])c[nH]c2c1[2H]. The highest BCUT2D eigenvalue weighted by Crippen LogP contribution is 2.21. The highest BCUT2D eigenvalue weighted by molar-refractivity contribution is 5.84. The van der Waals surface area contributed by atoms with Gasteiger partial charge in [0, 0.05) is 37.3 Å². The van der Waals surface area contributed by atoms with E-state index >= 15 is 0 Å². The highest BCUT2D eigenvalue weighted by Gasteiger charge is 2.22. The number of hydrogen-bond donors (Lipinski definition) is 2. The van der Waals surface area contributed by atoms with Crippen molar-refractivity contribution >= 4 is 17.0 Å². The summed E-state index contributed by atoms with van der Waals surface area (Å²) < 4.78 is 108. The molecule has 1 fully saturated rings. The Morgan fingerprint density at radius 2 is 2.48 bits per heavy atom. The summed E-state index contributed by atoms with van der Waals surface area (Å²) in [4.78, 5) is 13.8. The molecule has 0 radical (unpaired) electrons. The summed E-state index contributed by atoms with van der Waals surface area (Å²) in [6.07, 6.45) is -3.09. The van der Waals surface area contributed by atoms with Gasteiger partial charge >= 0.3 is 6.09 Å². The van der Waals surface area contributed by atoms with Crippen LogP contribution in [0.2, 0.25) is 0 Å². The lowest BCUT2D eigenvalue weighted by Crippen LogP contribution is -2.28. The second-order valence-electron chi connectivity index (χ2n) is 4.42. The number of carbonyl (C=O) groups is 1. The molecule has 0 bridgehead atoms. The van der Waals surface area contributed by atoms with Crippen LogP contribution in [-0.2, 0) is 17.5 Å². The Morgan fingerprint density at radius 1 is 1.57 bits per heavy atom. The largest absolute Gasteiger partial charge is 0.447 e. The minimum absolute atomic E-state index is 0.0826. The molecule has 5 heteroatoms. The molecular formula is C16H21N3O2. The van der Waals surface area contributed by atoms with Gasteiger partial charge in [0.25, 0.3) is 0 Å². The third kappa shape index (κ3) is 3.19. The predicted molar refractivity (Wildman–Crippen MR) is 82.5 cm³/mol. The van der Waals surface area contributed by atoms with Crippen molar-refractivity contribution in [2.45, 2.75) is 18.8 Å². The van der Waals surface area contributed by atoms with Crippen LogP contribution in [0.25, 0.3) is 10.9 Å². The first-order valence-electron chi connectivity index (χ1n) is 12.6. The minimum atomic E-state index is -3.33. The van der Waals surface area contributed by atoms with Crippen molar-refractivity contribution in [3.63, 3.8) is 0 Å². The summed E-state index contributed by atoms with van der Waals surface area (Å²) in [6.45, 7) is -10.0. The van der Waals surface area contributed by atoms with Crippen molar-refractivity contribution < 1.29 is 27.4 Å². The van der Waals surface area contributed by atoms with Gasteiger partial charge in [0.15, 0.2) is 0 Å². The molecule has 1 aliphatic rings. The summed E-state index contributed by atoms with van der Waals surface area (Å²) in [5.41, 5.74) is -0.729. The number of aromatic amines is 1. The fraction of sp³-hybridized carbons (Fsp3) is 0.438. The van der Waals surface area contributed by atoms with E-state index in [0.717, 1.165) is 6.20 Å². The van der Waals surface area contributed by atoms with E-state index in [1.165, 1.54) is 0 Å². The van der Waals surface area contributed by atoms with Crippen LogP contribution in [0.5, 0.6) is 0 Å². The van der Waals surface area contributed by atoms with Crippen LogP contribution < -0.4 is 5.32 Å². The highest BCUT2D eigenvalue weighted by atomic mass is 16.6. The van der Waals surface area contributed by atoms with Crippen molar-refractivity contribution in [1.82, 2.24) is 15.2 Å². The van der Waals surface area contributed by atoms with Gasteiger partial charge in [-0.3, -0.25) is 0 Å². The summed E-state index contributed by atoms with van der Waals surface area (Å²) in [6, 6.07) is -2.99. The zero-order valence-corrected chi connectivity index (χ0v) is 10.8. The zero-order chi connectivity index (χ0) is 26.0. The molecule has 112 valence electrons. The smallest absolute Gasteiger partial charge is 0.407 e. The van der Waals surface area contributed by atoms with Gasteiger partial charge < -0.3 is 19.9 Å². The number of nitrogens with zero attached hydrogens (tertiary/aromatic N) is 1. The van der Waals surface area contributed by atoms with Crippen LogP contribution in [0, 0.1) is 0 Å². The van der Waals surface area contributed by atoms with Crippen LogP contribution in [0.15, 0.2) is 24.3 Å². The number of alkyl carbamates (subject to hydrolysis) is 1. The number of amides is 1. The van der Waals surface area contributed by atoms with E-state index in [0.29, 0.717) is 0 Å². The third-order valence-electron chi connectivity index (χ3n) is 2.94. The van der Waals surface area contributed by atoms with Crippen LogP contribution in [0.4, 0.5) is 4.79 Å². The number of aromatic nitrogens is 1. The summed E-state index contributed by atoms with van der Waals surface area (Å²) in [5, 5.41) is 2.08. The lowest BCUT2D eigenvalue weighted by atomic mass is 10.0.